The molecule has 0 aromatic rings. The molecule has 0 saturated carbocycles. The van der Waals surface area contributed by atoms with E-state index < -0.39 is 11.4 Å². The monoisotopic (exact) mass is 181 g/mol. The first-order chi connectivity index (χ1) is 6.21. The lowest BCUT2D eigenvalue weighted by atomic mass is 9.82. The van der Waals surface area contributed by atoms with Crippen LogP contribution >= 0.6 is 0 Å². The summed E-state index contributed by atoms with van der Waals surface area (Å²) in [6, 6.07) is 0. The molecule has 13 heavy (non-hydrogen) atoms. The lowest BCUT2D eigenvalue weighted by molar-refractivity contribution is -0.148. The minimum Gasteiger partial charge on any atom is -0.481 e. The number of carbonyl (C=O) groups is 1. The summed E-state index contributed by atoms with van der Waals surface area (Å²) in [6.07, 6.45) is 2.08. The molecule has 3 nitrogen and oxygen atoms in total. The maximum atomic E-state index is 11.0. The summed E-state index contributed by atoms with van der Waals surface area (Å²) >= 11 is 0. The maximum absolute atomic E-state index is 11.0. The van der Waals surface area contributed by atoms with Crippen LogP contribution in [0.4, 0.5) is 0 Å². The first-order valence-electron chi connectivity index (χ1n) is 4.55. The molecule has 72 valence electrons. The molecule has 0 bridgehead atoms. The Morgan fingerprint density at radius 1 is 1.69 bits per heavy atom. The minimum atomic E-state index is -0.685. The zero-order chi connectivity index (χ0) is 9.73. The van der Waals surface area contributed by atoms with Gasteiger partial charge < -0.3 is 10.4 Å². The summed E-state index contributed by atoms with van der Waals surface area (Å²) in [5.74, 6) is 5.01. The van der Waals surface area contributed by atoms with Crippen LogP contribution in [0.2, 0.25) is 0 Å². The molecule has 0 aromatic carbocycles. The molecule has 1 fully saturated rings. The highest BCUT2D eigenvalue weighted by Crippen LogP contribution is 2.30. The minimum absolute atomic E-state index is 0.552. The van der Waals surface area contributed by atoms with E-state index >= 15 is 0 Å². The molecule has 0 spiro atoms. The van der Waals surface area contributed by atoms with Crippen LogP contribution in [0.3, 0.4) is 0 Å². The van der Waals surface area contributed by atoms with Crippen LogP contribution in [0, 0.1) is 17.3 Å². The van der Waals surface area contributed by atoms with E-state index in [4.69, 9.17) is 5.11 Å². The molecule has 1 aliphatic rings. The highest BCUT2D eigenvalue weighted by atomic mass is 16.4. The smallest absolute Gasteiger partial charge is 0.311 e. The second-order valence-corrected chi connectivity index (χ2v) is 3.44. The van der Waals surface area contributed by atoms with Gasteiger partial charge in [-0.1, -0.05) is 0 Å². The summed E-state index contributed by atoms with van der Waals surface area (Å²) < 4.78 is 0. The van der Waals surface area contributed by atoms with Gasteiger partial charge in [-0.15, -0.1) is 11.8 Å². The van der Waals surface area contributed by atoms with E-state index in [0.29, 0.717) is 19.4 Å². The predicted molar refractivity (Wildman–Crippen MR) is 50.2 cm³/mol. The maximum Gasteiger partial charge on any atom is 0.311 e. The van der Waals surface area contributed by atoms with Crippen molar-refractivity contribution in [2.45, 2.75) is 26.2 Å². The summed E-state index contributed by atoms with van der Waals surface area (Å²) in [6.45, 7) is 3.18. The van der Waals surface area contributed by atoms with Crippen LogP contribution in [0.1, 0.15) is 26.2 Å². The summed E-state index contributed by atoms with van der Waals surface area (Å²) in [4.78, 5) is 11.0. The van der Waals surface area contributed by atoms with Crippen molar-refractivity contribution in [3.8, 4) is 11.8 Å². The zero-order valence-electron chi connectivity index (χ0n) is 7.89. The summed E-state index contributed by atoms with van der Waals surface area (Å²) in [5.41, 5.74) is -0.552. The number of nitrogens with one attached hydrogen (secondary N) is 1. The van der Waals surface area contributed by atoms with Crippen LogP contribution in [0.5, 0.6) is 0 Å². The molecule has 1 unspecified atom stereocenters. The third kappa shape index (κ3) is 2.22. The summed E-state index contributed by atoms with van der Waals surface area (Å²) in [5, 5.41) is 12.2. The molecule has 0 radical (unpaired) electrons. The van der Waals surface area contributed by atoms with Crippen molar-refractivity contribution in [2.24, 2.45) is 5.41 Å². The lowest BCUT2D eigenvalue weighted by Gasteiger charge is -2.21. The highest BCUT2D eigenvalue weighted by Gasteiger charge is 2.40. The van der Waals surface area contributed by atoms with Gasteiger partial charge in [0.25, 0.3) is 0 Å². The molecule has 1 saturated heterocycles. The Balaban J connectivity index is 2.55. The van der Waals surface area contributed by atoms with Gasteiger partial charge in [-0.05, 0) is 26.3 Å². The van der Waals surface area contributed by atoms with Gasteiger partial charge in [0.05, 0.1) is 5.41 Å². The molecule has 0 aliphatic carbocycles. The Bertz CT molecular complexity index is 243. The van der Waals surface area contributed by atoms with Crippen molar-refractivity contribution >= 4 is 5.97 Å². The Morgan fingerprint density at radius 3 is 2.92 bits per heavy atom. The van der Waals surface area contributed by atoms with Crippen LogP contribution in [-0.4, -0.2) is 24.2 Å². The number of rotatable bonds is 3. The molecule has 1 aliphatic heterocycles. The molecule has 3 heteroatoms. The van der Waals surface area contributed by atoms with Gasteiger partial charge in [0.2, 0.25) is 0 Å². The Morgan fingerprint density at radius 2 is 2.46 bits per heavy atom. The van der Waals surface area contributed by atoms with Crippen molar-refractivity contribution in [3.63, 3.8) is 0 Å². The normalized spacial score (nSPS) is 26.5. The largest absolute Gasteiger partial charge is 0.481 e. The fourth-order valence-electron chi connectivity index (χ4n) is 1.67. The second kappa shape index (κ2) is 4.29. The van der Waals surface area contributed by atoms with Gasteiger partial charge in [0, 0.05) is 13.0 Å². The van der Waals surface area contributed by atoms with Gasteiger partial charge >= 0.3 is 5.97 Å². The molecular formula is C10H15NO2. The number of hydrogen-bond donors (Lipinski definition) is 2. The first-order valence-corrected chi connectivity index (χ1v) is 4.55. The van der Waals surface area contributed by atoms with E-state index in [1.54, 1.807) is 6.92 Å². The van der Waals surface area contributed by atoms with E-state index in [-0.39, 0.29) is 0 Å². The third-order valence-electron chi connectivity index (χ3n) is 2.60. The SMILES string of the molecule is CC#CCCC1(C(=O)O)CCNC1. The summed E-state index contributed by atoms with van der Waals surface area (Å²) in [7, 11) is 0. The molecular weight excluding hydrogens is 166 g/mol. The van der Waals surface area contributed by atoms with E-state index in [2.05, 4.69) is 17.2 Å². The van der Waals surface area contributed by atoms with Crippen molar-refractivity contribution in [2.75, 3.05) is 13.1 Å². The van der Waals surface area contributed by atoms with Crippen molar-refractivity contribution in [1.29, 1.82) is 0 Å². The van der Waals surface area contributed by atoms with Gasteiger partial charge in [0.15, 0.2) is 0 Å². The highest BCUT2D eigenvalue weighted by molar-refractivity contribution is 5.75. The second-order valence-electron chi connectivity index (χ2n) is 3.44. The number of aliphatic carboxylic acids is 1. The van der Waals surface area contributed by atoms with Gasteiger partial charge in [-0.3, -0.25) is 4.79 Å². The molecule has 2 N–H and O–H groups in total. The van der Waals surface area contributed by atoms with E-state index in [1.165, 1.54) is 0 Å². The van der Waals surface area contributed by atoms with Crippen molar-refractivity contribution in [1.82, 2.24) is 5.32 Å². The fourth-order valence-corrected chi connectivity index (χ4v) is 1.67. The predicted octanol–water partition coefficient (Wildman–Crippen LogP) is 0.854. The number of hydrogen-bond acceptors (Lipinski definition) is 2. The Hall–Kier alpha value is -1.01. The molecule has 1 rings (SSSR count). The topological polar surface area (TPSA) is 49.3 Å². The number of carboxylic acids is 1. The van der Waals surface area contributed by atoms with E-state index in [1.807, 2.05) is 0 Å². The average Bonchev–Trinajstić information content (AvgIpc) is 2.55. The third-order valence-corrected chi connectivity index (χ3v) is 2.60. The van der Waals surface area contributed by atoms with Crippen LogP contribution in [-0.2, 0) is 4.79 Å². The quantitative estimate of drug-likeness (QED) is 0.635. The fraction of sp³-hybridized carbons (Fsp3) is 0.700. The van der Waals surface area contributed by atoms with Crippen LogP contribution in [0.25, 0.3) is 0 Å². The van der Waals surface area contributed by atoms with Gasteiger partial charge in [-0.2, -0.15) is 0 Å². The van der Waals surface area contributed by atoms with E-state index in [9.17, 15) is 4.79 Å². The molecule has 0 aromatic heterocycles. The molecule has 0 amide bonds. The van der Waals surface area contributed by atoms with Gasteiger partial charge in [0.1, 0.15) is 0 Å². The van der Waals surface area contributed by atoms with Crippen LogP contribution < -0.4 is 5.32 Å². The zero-order valence-corrected chi connectivity index (χ0v) is 7.89. The van der Waals surface area contributed by atoms with Gasteiger partial charge in [-0.25, -0.2) is 0 Å². The Kier molecular flexibility index (Phi) is 3.32. The first kappa shape index (κ1) is 10.1. The van der Waals surface area contributed by atoms with E-state index in [0.717, 1.165) is 13.0 Å². The van der Waals surface area contributed by atoms with Crippen molar-refractivity contribution < 1.29 is 9.90 Å². The number of carboxylic acid groups (broad SMARTS) is 1. The molecule has 1 heterocycles. The Labute approximate surface area is 78.5 Å². The standard InChI is InChI=1S/C10H15NO2/c1-2-3-4-5-10(9(12)13)6-7-11-8-10/h11H,4-8H2,1H3,(H,12,13). The van der Waals surface area contributed by atoms with Crippen molar-refractivity contribution in [3.05, 3.63) is 0 Å². The van der Waals surface area contributed by atoms with Crippen LogP contribution in [0.15, 0.2) is 0 Å². The molecule has 1 atom stereocenters. The lowest BCUT2D eigenvalue weighted by Crippen LogP contribution is -2.33. The average molecular weight is 181 g/mol.